The zero-order chi connectivity index (χ0) is 19.3. The summed E-state index contributed by atoms with van der Waals surface area (Å²) in [6, 6.07) is 0.263. The molecular formula is C19H35N3O3S. The largest absolute Gasteiger partial charge is 0.337 e. The number of carbonyl (C=O) groups is 1. The molecular weight excluding hydrogens is 350 g/mol. The zero-order valence-corrected chi connectivity index (χ0v) is 17.8. The molecule has 0 bridgehead atoms. The molecule has 3 rings (SSSR count). The second kappa shape index (κ2) is 6.74. The van der Waals surface area contributed by atoms with Crippen LogP contribution in [0.2, 0.25) is 0 Å². The molecule has 2 aliphatic heterocycles. The average molecular weight is 386 g/mol. The number of hydrogen-bond acceptors (Lipinski definition) is 4. The van der Waals surface area contributed by atoms with E-state index in [1.54, 1.807) is 4.31 Å². The molecule has 3 fully saturated rings. The van der Waals surface area contributed by atoms with E-state index in [1.165, 1.54) is 6.26 Å². The number of rotatable bonds is 2. The van der Waals surface area contributed by atoms with Crippen LogP contribution in [0.1, 0.15) is 53.4 Å². The number of piperidine rings is 1. The fourth-order valence-corrected chi connectivity index (χ4v) is 5.84. The monoisotopic (exact) mass is 385 g/mol. The smallest absolute Gasteiger partial charge is 0.226 e. The van der Waals surface area contributed by atoms with E-state index >= 15 is 0 Å². The van der Waals surface area contributed by atoms with E-state index in [2.05, 4.69) is 37.5 Å². The first-order valence-electron chi connectivity index (χ1n) is 9.92. The van der Waals surface area contributed by atoms with Crippen molar-refractivity contribution in [1.82, 2.24) is 14.1 Å². The number of piperazine rings is 1. The number of hydrogen-bond donors (Lipinski definition) is 0. The predicted molar refractivity (Wildman–Crippen MR) is 103 cm³/mol. The van der Waals surface area contributed by atoms with Crippen molar-refractivity contribution in [2.24, 2.45) is 11.3 Å². The van der Waals surface area contributed by atoms with E-state index in [9.17, 15) is 13.2 Å². The van der Waals surface area contributed by atoms with Crippen LogP contribution < -0.4 is 0 Å². The molecule has 150 valence electrons. The summed E-state index contributed by atoms with van der Waals surface area (Å²) in [7, 11) is -3.08. The summed E-state index contributed by atoms with van der Waals surface area (Å²) in [5.41, 5.74) is 0.357. The lowest BCUT2D eigenvalue weighted by atomic mass is 9.57. The van der Waals surface area contributed by atoms with Gasteiger partial charge in [0.15, 0.2) is 0 Å². The normalized spacial score (nSPS) is 29.0. The summed E-state index contributed by atoms with van der Waals surface area (Å²) in [6.45, 7) is 12.8. The summed E-state index contributed by atoms with van der Waals surface area (Å²) in [5, 5.41) is 0. The van der Waals surface area contributed by atoms with E-state index in [1.807, 2.05) is 0 Å². The minimum Gasteiger partial charge on any atom is -0.337 e. The first kappa shape index (κ1) is 20.1. The molecule has 0 radical (unpaired) electrons. The third-order valence-electron chi connectivity index (χ3n) is 6.82. The van der Waals surface area contributed by atoms with Gasteiger partial charge in [-0.25, -0.2) is 12.7 Å². The molecule has 0 N–H and O–H groups in total. The van der Waals surface area contributed by atoms with E-state index in [0.29, 0.717) is 19.0 Å². The van der Waals surface area contributed by atoms with Gasteiger partial charge in [-0.1, -0.05) is 0 Å². The Balaban J connectivity index is 1.51. The summed E-state index contributed by atoms with van der Waals surface area (Å²) >= 11 is 0. The summed E-state index contributed by atoms with van der Waals surface area (Å²) in [6.07, 6.45) is 4.97. The maximum Gasteiger partial charge on any atom is 0.226 e. The molecule has 3 aliphatic rings. The minimum atomic E-state index is -3.08. The minimum absolute atomic E-state index is 0.142. The molecule has 26 heavy (non-hydrogen) atoms. The van der Waals surface area contributed by atoms with Crippen molar-refractivity contribution >= 4 is 15.9 Å². The maximum absolute atomic E-state index is 13.0. The molecule has 1 aliphatic carbocycles. The first-order valence-corrected chi connectivity index (χ1v) is 11.8. The second-order valence-corrected chi connectivity index (χ2v) is 11.7. The van der Waals surface area contributed by atoms with Gasteiger partial charge in [-0.3, -0.25) is 9.69 Å². The third kappa shape index (κ3) is 3.94. The number of carbonyl (C=O) groups excluding carboxylic acids is 1. The van der Waals surface area contributed by atoms with E-state index in [-0.39, 0.29) is 22.9 Å². The van der Waals surface area contributed by atoms with Gasteiger partial charge in [0, 0.05) is 50.2 Å². The zero-order valence-electron chi connectivity index (χ0n) is 17.0. The van der Waals surface area contributed by atoms with E-state index < -0.39 is 10.0 Å². The van der Waals surface area contributed by atoms with Crippen LogP contribution >= 0.6 is 0 Å². The fraction of sp³-hybridized carbons (Fsp3) is 0.947. The molecule has 1 amide bonds. The summed E-state index contributed by atoms with van der Waals surface area (Å²) < 4.78 is 24.9. The lowest BCUT2D eigenvalue weighted by Gasteiger charge is -2.53. The van der Waals surface area contributed by atoms with Crippen LogP contribution in [0.4, 0.5) is 0 Å². The molecule has 1 spiro atoms. The predicted octanol–water partition coefficient (Wildman–Crippen LogP) is 1.77. The number of nitrogens with zero attached hydrogens (tertiary/aromatic N) is 3. The van der Waals surface area contributed by atoms with Gasteiger partial charge in [0.25, 0.3) is 0 Å². The van der Waals surface area contributed by atoms with E-state index in [0.717, 1.165) is 45.3 Å². The molecule has 2 heterocycles. The van der Waals surface area contributed by atoms with Crippen LogP contribution in [-0.2, 0) is 14.8 Å². The van der Waals surface area contributed by atoms with Crippen LogP contribution in [0.3, 0.4) is 0 Å². The van der Waals surface area contributed by atoms with Gasteiger partial charge in [0.1, 0.15) is 0 Å². The fourth-order valence-electron chi connectivity index (χ4n) is 4.99. The lowest BCUT2D eigenvalue weighted by molar-refractivity contribution is -0.151. The molecule has 7 heteroatoms. The molecule has 0 aromatic rings. The van der Waals surface area contributed by atoms with Crippen molar-refractivity contribution in [2.75, 3.05) is 39.0 Å². The highest BCUT2D eigenvalue weighted by molar-refractivity contribution is 7.88. The highest BCUT2D eigenvalue weighted by Gasteiger charge is 2.50. The van der Waals surface area contributed by atoms with Crippen molar-refractivity contribution in [3.8, 4) is 0 Å². The van der Waals surface area contributed by atoms with Gasteiger partial charge in [0.2, 0.25) is 15.9 Å². The quantitative estimate of drug-likeness (QED) is 0.727. The maximum atomic E-state index is 13.0. The van der Waals surface area contributed by atoms with Gasteiger partial charge in [-0.2, -0.15) is 0 Å². The van der Waals surface area contributed by atoms with Crippen molar-refractivity contribution in [3.63, 3.8) is 0 Å². The van der Waals surface area contributed by atoms with Crippen LogP contribution in [0.25, 0.3) is 0 Å². The Morgan fingerprint density at radius 1 is 1.04 bits per heavy atom. The molecule has 6 nitrogen and oxygen atoms in total. The topological polar surface area (TPSA) is 60.9 Å². The first-order chi connectivity index (χ1) is 11.9. The van der Waals surface area contributed by atoms with Crippen LogP contribution in [0.5, 0.6) is 0 Å². The van der Waals surface area contributed by atoms with Gasteiger partial charge >= 0.3 is 0 Å². The SMILES string of the molecule is C[C@@H]1CN(C(C)(C)C)CCN1C(=O)C1CC2(CCN(S(C)(=O)=O)CC2)C1. The Labute approximate surface area is 158 Å². The second-order valence-electron chi connectivity index (χ2n) is 9.76. The van der Waals surface area contributed by atoms with Crippen molar-refractivity contribution in [1.29, 1.82) is 0 Å². The molecule has 0 aromatic heterocycles. The lowest BCUT2D eigenvalue weighted by Crippen LogP contribution is -2.61. The van der Waals surface area contributed by atoms with Gasteiger partial charge < -0.3 is 4.90 Å². The number of amides is 1. The van der Waals surface area contributed by atoms with E-state index in [4.69, 9.17) is 0 Å². The summed E-state index contributed by atoms with van der Waals surface area (Å²) in [5.74, 6) is 0.464. The Bertz CT molecular complexity index is 639. The summed E-state index contributed by atoms with van der Waals surface area (Å²) in [4.78, 5) is 17.5. The molecule has 1 atom stereocenters. The van der Waals surface area contributed by atoms with Crippen molar-refractivity contribution < 1.29 is 13.2 Å². The standard InChI is InChI=1S/C19H35N3O3S/c1-15-14-20(18(2,3)4)10-11-22(15)17(23)16-12-19(13-16)6-8-21(9-7-19)26(5,24)25/h15-16H,6-14H2,1-5H3/t15-/m1/s1. The number of sulfonamides is 1. The average Bonchev–Trinajstić information content (AvgIpc) is 2.50. The Morgan fingerprint density at radius 2 is 1.62 bits per heavy atom. The Morgan fingerprint density at radius 3 is 2.08 bits per heavy atom. The van der Waals surface area contributed by atoms with Gasteiger partial charge in [-0.15, -0.1) is 0 Å². The molecule has 1 saturated carbocycles. The van der Waals surface area contributed by atoms with Gasteiger partial charge in [-0.05, 0) is 58.8 Å². The highest BCUT2D eigenvalue weighted by atomic mass is 32.2. The van der Waals surface area contributed by atoms with Crippen LogP contribution in [0.15, 0.2) is 0 Å². The van der Waals surface area contributed by atoms with Gasteiger partial charge in [0.05, 0.1) is 6.26 Å². The molecule has 0 aromatic carbocycles. The van der Waals surface area contributed by atoms with Crippen LogP contribution in [-0.4, -0.2) is 79.0 Å². The molecule has 0 unspecified atom stereocenters. The van der Waals surface area contributed by atoms with Crippen molar-refractivity contribution in [2.45, 2.75) is 65.0 Å². The third-order valence-corrected chi connectivity index (χ3v) is 8.12. The Kier molecular flexibility index (Phi) is 5.21. The Hall–Kier alpha value is -0.660. The van der Waals surface area contributed by atoms with Crippen molar-refractivity contribution in [3.05, 3.63) is 0 Å². The molecule has 2 saturated heterocycles. The van der Waals surface area contributed by atoms with Crippen LogP contribution in [0, 0.1) is 11.3 Å². The highest BCUT2D eigenvalue weighted by Crippen LogP contribution is 2.53.